The van der Waals surface area contributed by atoms with Crippen molar-refractivity contribution in [2.24, 2.45) is 0 Å². The van der Waals surface area contributed by atoms with E-state index in [0.29, 0.717) is 6.42 Å². The molecule has 8 nitrogen and oxygen atoms in total. The number of nitrogens with zero attached hydrogens (tertiary/aromatic N) is 1. The Morgan fingerprint density at radius 2 is 1.96 bits per heavy atom. The van der Waals surface area contributed by atoms with Crippen LogP contribution in [0.2, 0.25) is 0 Å². The average molecular weight is 405 g/mol. The van der Waals surface area contributed by atoms with Crippen molar-refractivity contribution in [1.82, 2.24) is 10.2 Å². The van der Waals surface area contributed by atoms with Crippen molar-refractivity contribution in [3.05, 3.63) is 10.6 Å². The summed E-state index contributed by atoms with van der Waals surface area (Å²) >= 11 is 3.00. The number of amides is 3. The molecule has 1 atom stereocenters. The highest BCUT2D eigenvalue weighted by atomic mass is 79.9. The van der Waals surface area contributed by atoms with Gasteiger partial charge in [-0.3, -0.25) is 14.5 Å². The van der Waals surface area contributed by atoms with E-state index in [1.807, 2.05) is 0 Å². The van der Waals surface area contributed by atoms with Gasteiger partial charge in [-0.05, 0) is 49.5 Å². The number of esters is 1. The Morgan fingerprint density at radius 3 is 2.42 bits per heavy atom. The highest BCUT2D eigenvalue weighted by molar-refractivity contribution is 9.12. The number of hydrogen-bond acceptors (Lipinski definition) is 6. The van der Waals surface area contributed by atoms with Gasteiger partial charge in [0.25, 0.3) is 11.8 Å². The van der Waals surface area contributed by atoms with E-state index in [0.717, 1.165) is 4.90 Å². The lowest BCUT2D eigenvalue weighted by atomic mass is 10.1. The van der Waals surface area contributed by atoms with Crippen molar-refractivity contribution in [3.8, 4) is 0 Å². The van der Waals surface area contributed by atoms with Gasteiger partial charge in [-0.25, -0.2) is 9.59 Å². The summed E-state index contributed by atoms with van der Waals surface area (Å²) in [7, 11) is 1.21. The van der Waals surface area contributed by atoms with Crippen LogP contribution in [0.5, 0.6) is 0 Å². The molecule has 24 heavy (non-hydrogen) atoms. The van der Waals surface area contributed by atoms with Crippen LogP contribution < -0.4 is 5.32 Å². The number of carbonyl (C=O) groups is 4. The highest BCUT2D eigenvalue weighted by Gasteiger charge is 2.30. The third kappa shape index (κ3) is 5.95. The summed E-state index contributed by atoms with van der Waals surface area (Å²) in [6.45, 7) is 5.24. The number of hydrogen-bond donors (Lipinski definition) is 1. The van der Waals surface area contributed by atoms with Crippen LogP contribution in [0.4, 0.5) is 4.79 Å². The van der Waals surface area contributed by atoms with E-state index < -0.39 is 35.5 Å². The lowest BCUT2D eigenvalue weighted by Gasteiger charge is -2.23. The number of carbonyl (C=O) groups excluding carboxylic acids is 4. The standard InChI is InChI=1S/C15H21BrN2O6/c1-15(2,3)24-14(22)17-10(13(21)23-4)6-5-7-18-11(19)8-9(16)12(18)20/h8,10H,5-7H2,1-4H3,(H,17,22)/t10-/m0/s1. The maximum Gasteiger partial charge on any atom is 0.408 e. The third-order valence-corrected chi connectivity index (χ3v) is 3.58. The molecule has 3 amide bonds. The summed E-state index contributed by atoms with van der Waals surface area (Å²) in [6.07, 6.45) is 0.969. The van der Waals surface area contributed by atoms with Crippen LogP contribution >= 0.6 is 15.9 Å². The molecule has 1 N–H and O–H groups in total. The van der Waals surface area contributed by atoms with Gasteiger partial charge in [0.1, 0.15) is 11.6 Å². The Kier molecular flexibility index (Phi) is 6.94. The molecule has 134 valence electrons. The first-order valence-corrected chi connectivity index (χ1v) is 8.15. The molecule has 0 bridgehead atoms. The number of methoxy groups -OCH3 is 1. The quantitative estimate of drug-likeness (QED) is 0.531. The van der Waals surface area contributed by atoms with E-state index in [-0.39, 0.29) is 17.4 Å². The molecule has 0 aromatic heterocycles. The van der Waals surface area contributed by atoms with Gasteiger partial charge in [0.2, 0.25) is 0 Å². The van der Waals surface area contributed by atoms with Crippen molar-refractivity contribution in [1.29, 1.82) is 0 Å². The lowest BCUT2D eigenvalue weighted by molar-refractivity contribution is -0.143. The molecule has 0 unspecified atom stereocenters. The Labute approximate surface area is 148 Å². The van der Waals surface area contributed by atoms with Crippen LogP contribution in [-0.4, -0.2) is 54.1 Å². The van der Waals surface area contributed by atoms with Gasteiger partial charge in [0, 0.05) is 12.6 Å². The van der Waals surface area contributed by atoms with Crippen LogP contribution in [0.15, 0.2) is 10.6 Å². The molecular weight excluding hydrogens is 384 g/mol. The van der Waals surface area contributed by atoms with E-state index in [1.54, 1.807) is 20.8 Å². The van der Waals surface area contributed by atoms with Crippen LogP contribution in [-0.2, 0) is 23.9 Å². The van der Waals surface area contributed by atoms with Gasteiger partial charge in [0.15, 0.2) is 0 Å². The minimum absolute atomic E-state index is 0.132. The number of nitrogens with one attached hydrogen (secondary N) is 1. The van der Waals surface area contributed by atoms with Gasteiger partial charge in [-0.1, -0.05) is 0 Å². The Morgan fingerprint density at radius 1 is 1.33 bits per heavy atom. The first-order valence-electron chi connectivity index (χ1n) is 7.35. The number of imide groups is 1. The zero-order chi connectivity index (χ0) is 18.5. The SMILES string of the molecule is COC(=O)[C@H](CCCN1C(=O)C=C(Br)C1=O)NC(=O)OC(C)(C)C. The second kappa shape index (κ2) is 8.27. The van der Waals surface area contributed by atoms with Gasteiger partial charge in [-0.2, -0.15) is 0 Å². The first-order chi connectivity index (χ1) is 11.0. The smallest absolute Gasteiger partial charge is 0.408 e. The largest absolute Gasteiger partial charge is 0.467 e. The first kappa shape index (κ1) is 20.1. The van der Waals surface area contributed by atoms with Crippen LogP contribution in [0.1, 0.15) is 33.6 Å². The highest BCUT2D eigenvalue weighted by Crippen LogP contribution is 2.18. The molecule has 0 aliphatic carbocycles. The molecule has 1 heterocycles. The fourth-order valence-corrected chi connectivity index (χ4v) is 2.39. The fraction of sp³-hybridized carbons (Fsp3) is 0.600. The van der Waals surface area contributed by atoms with E-state index in [9.17, 15) is 19.2 Å². The van der Waals surface area contributed by atoms with Crippen molar-refractivity contribution >= 4 is 39.8 Å². The Hall–Kier alpha value is -1.90. The summed E-state index contributed by atoms with van der Waals surface area (Å²) in [5, 5.41) is 2.43. The summed E-state index contributed by atoms with van der Waals surface area (Å²) < 4.78 is 9.95. The minimum atomic E-state index is -0.922. The van der Waals surface area contributed by atoms with Crippen LogP contribution in [0.25, 0.3) is 0 Å². The van der Waals surface area contributed by atoms with Crippen molar-refractivity contribution in [2.75, 3.05) is 13.7 Å². The third-order valence-electron chi connectivity index (χ3n) is 3.02. The molecule has 0 spiro atoms. The molecule has 1 aliphatic heterocycles. The second-order valence-electron chi connectivity index (χ2n) is 6.15. The Balaban J connectivity index is 2.55. The normalized spacial score (nSPS) is 15.9. The molecule has 1 aliphatic rings. The maximum atomic E-state index is 11.8. The molecular formula is C15H21BrN2O6. The zero-order valence-corrected chi connectivity index (χ0v) is 15.6. The topological polar surface area (TPSA) is 102 Å². The van der Waals surface area contributed by atoms with E-state index in [1.165, 1.54) is 13.2 Å². The molecule has 0 radical (unpaired) electrons. The predicted molar refractivity (Wildman–Crippen MR) is 88.1 cm³/mol. The number of halogens is 1. The number of ether oxygens (including phenoxy) is 2. The molecule has 0 aromatic rings. The number of rotatable bonds is 6. The maximum absolute atomic E-state index is 11.8. The second-order valence-corrected chi connectivity index (χ2v) is 7.01. The minimum Gasteiger partial charge on any atom is -0.467 e. The van der Waals surface area contributed by atoms with Crippen molar-refractivity contribution in [3.63, 3.8) is 0 Å². The number of alkyl carbamates (subject to hydrolysis) is 1. The van der Waals surface area contributed by atoms with Crippen LogP contribution in [0, 0.1) is 0 Å². The Bertz CT molecular complexity index is 567. The zero-order valence-electron chi connectivity index (χ0n) is 14.1. The lowest BCUT2D eigenvalue weighted by Crippen LogP contribution is -2.44. The van der Waals surface area contributed by atoms with Gasteiger partial charge in [0.05, 0.1) is 11.6 Å². The summed E-state index contributed by atoms with van der Waals surface area (Å²) in [5.74, 6) is -1.46. The monoisotopic (exact) mass is 404 g/mol. The molecule has 0 saturated heterocycles. The van der Waals surface area contributed by atoms with Gasteiger partial charge >= 0.3 is 12.1 Å². The van der Waals surface area contributed by atoms with E-state index in [2.05, 4.69) is 26.0 Å². The van der Waals surface area contributed by atoms with Gasteiger partial charge in [-0.15, -0.1) is 0 Å². The molecule has 1 rings (SSSR count). The summed E-state index contributed by atoms with van der Waals surface area (Å²) in [5.41, 5.74) is -0.697. The van der Waals surface area contributed by atoms with Gasteiger partial charge < -0.3 is 14.8 Å². The molecule has 0 saturated carbocycles. The van der Waals surface area contributed by atoms with Crippen LogP contribution in [0.3, 0.4) is 0 Å². The molecule has 9 heteroatoms. The molecule has 0 fully saturated rings. The summed E-state index contributed by atoms with van der Waals surface area (Å²) in [4.78, 5) is 47.9. The molecule has 0 aromatic carbocycles. The average Bonchev–Trinajstić information content (AvgIpc) is 2.69. The van der Waals surface area contributed by atoms with Crippen molar-refractivity contribution < 1.29 is 28.7 Å². The van der Waals surface area contributed by atoms with Crippen molar-refractivity contribution in [2.45, 2.75) is 45.3 Å². The predicted octanol–water partition coefficient (Wildman–Crippen LogP) is 1.48. The van der Waals surface area contributed by atoms with E-state index >= 15 is 0 Å². The summed E-state index contributed by atoms with van der Waals surface area (Å²) in [6, 6.07) is -0.922. The van der Waals surface area contributed by atoms with E-state index in [4.69, 9.17) is 4.74 Å². The fourth-order valence-electron chi connectivity index (χ4n) is 1.98.